The van der Waals surface area contributed by atoms with Crippen LogP contribution in [0.5, 0.6) is 0 Å². The molecular formula is C10H20N2O3. The SMILES string of the molecule is CC(C)OCC(O)CNC1CNC(=O)C1. The molecule has 0 aromatic heterocycles. The summed E-state index contributed by atoms with van der Waals surface area (Å²) in [5, 5.41) is 15.4. The topological polar surface area (TPSA) is 70.6 Å². The summed E-state index contributed by atoms with van der Waals surface area (Å²) in [5.41, 5.74) is 0. The number of carbonyl (C=O) groups excluding carboxylic acids is 1. The molecule has 15 heavy (non-hydrogen) atoms. The van der Waals surface area contributed by atoms with Crippen LogP contribution in [0.15, 0.2) is 0 Å². The number of carbonyl (C=O) groups is 1. The lowest BCUT2D eigenvalue weighted by Crippen LogP contribution is -2.38. The Morgan fingerprint density at radius 2 is 2.40 bits per heavy atom. The zero-order valence-corrected chi connectivity index (χ0v) is 9.32. The smallest absolute Gasteiger partial charge is 0.221 e. The van der Waals surface area contributed by atoms with Gasteiger partial charge in [-0.2, -0.15) is 0 Å². The molecule has 1 heterocycles. The third-order valence-electron chi connectivity index (χ3n) is 2.24. The number of amides is 1. The minimum Gasteiger partial charge on any atom is -0.389 e. The molecule has 1 rings (SSSR count). The Hall–Kier alpha value is -0.650. The molecular weight excluding hydrogens is 196 g/mol. The Morgan fingerprint density at radius 3 is 2.93 bits per heavy atom. The van der Waals surface area contributed by atoms with Crippen molar-refractivity contribution in [3.63, 3.8) is 0 Å². The van der Waals surface area contributed by atoms with Crippen molar-refractivity contribution in [3.8, 4) is 0 Å². The van der Waals surface area contributed by atoms with Crippen LogP contribution >= 0.6 is 0 Å². The van der Waals surface area contributed by atoms with Crippen molar-refractivity contribution in [2.75, 3.05) is 19.7 Å². The number of hydrogen-bond acceptors (Lipinski definition) is 4. The zero-order valence-electron chi connectivity index (χ0n) is 9.32. The summed E-state index contributed by atoms with van der Waals surface area (Å²) in [6, 6.07) is 0.145. The summed E-state index contributed by atoms with van der Waals surface area (Å²) >= 11 is 0. The van der Waals surface area contributed by atoms with Crippen LogP contribution in [0.3, 0.4) is 0 Å². The van der Waals surface area contributed by atoms with Crippen LogP contribution in [0.1, 0.15) is 20.3 Å². The lowest BCUT2D eigenvalue weighted by molar-refractivity contribution is -0.119. The van der Waals surface area contributed by atoms with Gasteiger partial charge in [0.15, 0.2) is 0 Å². The van der Waals surface area contributed by atoms with Gasteiger partial charge in [-0.25, -0.2) is 0 Å². The minimum atomic E-state index is -0.511. The highest BCUT2D eigenvalue weighted by Crippen LogP contribution is 1.99. The first-order chi connectivity index (χ1) is 7.08. The van der Waals surface area contributed by atoms with Gasteiger partial charge in [0.05, 0.1) is 18.8 Å². The Bertz CT molecular complexity index is 209. The summed E-state index contributed by atoms with van der Waals surface area (Å²) in [6.07, 6.45) is 0.120. The average Bonchev–Trinajstić information content (AvgIpc) is 2.58. The predicted octanol–water partition coefficient (Wildman–Crippen LogP) is -0.750. The fraction of sp³-hybridized carbons (Fsp3) is 0.900. The molecule has 1 fully saturated rings. The maximum absolute atomic E-state index is 10.9. The molecule has 2 atom stereocenters. The van der Waals surface area contributed by atoms with Crippen molar-refractivity contribution in [2.45, 2.75) is 38.5 Å². The van der Waals surface area contributed by atoms with E-state index in [1.165, 1.54) is 0 Å². The maximum Gasteiger partial charge on any atom is 0.221 e. The summed E-state index contributed by atoms with van der Waals surface area (Å²) in [4.78, 5) is 10.9. The van der Waals surface area contributed by atoms with Gasteiger partial charge in [0.2, 0.25) is 5.91 Å². The van der Waals surface area contributed by atoms with Crippen molar-refractivity contribution in [1.82, 2.24) is 10.6 Å². The molecule has 0 spiro atoms. The van der Waals surface area contributed by atoms with Crippen LogP contribution in [0.25, 0.3) is 0 Å². The van der Waals surface area contributed by atoms with E-state index >= 15 is 0 Å². The minimum absolute atomic E-state index is 0.0698. The fourth-order valence-electron chi connectivity index (χ4n) is 1.41. The van der Waals surface area contributed by atoms with E-state index in [1.807, 2.05) is 13.8 Å². The molecule has 3 N–H and O–H groups in total. The summed E-state index contributed by atoms with van der Waals surface area (Å²) in [7, 11) is 0. The van der Waals surface area contributed by atoms with Crippen LogP contribution in [0.2, 0.25) is 0 Å². The van der Waals surface area contributed by atoms with Gasteiger partial charge in [0.25, 0.3) is 0 Å². The van der Waals surface area contributed by atoms with Gasteiger partial charge in [-0.05, 0) is 13.8 Å². The molecule has 1 aliphatic rings. The van der Waals surface area contributed by atoms with Crippen LogP contribution in [-0.2, 0) is 9.53 Å². The average molecular weight is 216 g/mol. The van der Waals surface area contributed by atoms with Gasteiger partial charge >= 0.3 is 0 Å². The van der Waals surface area contributed by atoms with Crippen LogP contribution < -0.4 is 10.6 Å². The highest BCUT2D eigenvalue weighted by Gasteiger charge is 2.21. The number of nitrogens with one attached hydrogen (secondary N) is 2. The standard InChI is InChI=1S/C10H20N2O3/c1-7(2)15-6-9(13)5-11-8-3-10(14)12-4-8/h7-9,11,13H,3-6H2,1-2H3,(H,12,14). The largest absolute Gasteiger partial charge is 0.389 e. The molecule has 0 aromatic carbocycles. The lowest BCUT2D eigenvalue weighted by Gasteiger charge is -2.16. The summed E-state index contributed by atoms with van der Waals surface area (Å²) in [6.45, 7) is 5.31. The Kier molecular flexibility index (Phi) is 5.01. The number of rotatable bonds is 6. The van der Waals surface area contributed by atoms with Gasteiger partial charge in [-0.1, -0.05) is 0 Å². The predicted molar refractivity (Wildman–Crippen MR) is 56.5 cm³/mol. The number of aliphatic hydroxyl groups is 1. The number of ether oxygens (including phenoxy) is 1. The van der Waals surface area contributed by atoms with E-state index in [1.54, 1.807) is 0 Å². The van der Waals surface area contributed by atoms with Crippen molar-refractivity contribution in [2.24, 2.45) is 0 Å². The first-order valence-electron chi connectivity index (χ1n) is 5.37. The molecule has 1 amide bonds. The monoisotopic (exact) mass is 216 g/mol. The van der Waals surface area contributed by atoms with E-state index in [-0.39, 0.29) is 18.1 Å². The number of hydrogen-bond donors (Lipinski definition) is 3. The Balaban J connectivity index is 2.06. The molecule has 0 aliphatic carbocycles. The molecule has 5 nitrogen and oxygen atoms in total. The van der Waals surface area contributed by atoms with Crippen molar-refractivity contribution in [3.05, 3.63) is 0 Å². The normalized spacial score (nSPS) is 23.2. The highest BCUT2D eigenvalue weighted by atomic mass is 16.5. The molecule has 1 saturated heterocycles. The van der Waals surface area contributed by atoms with E-state index in [0.29, 0.717) is 26.1 Å². The van der Waals surface area contributed by atoms with Crippen LogP contribution in [0.4, 0.5) is 0 Å². The molecule has 0 saturated carbocycles. The molecule has 88 valence electrons. The van der Waals surface area contributed by atoms with Gasteiger partial charge < -0.3 is 20.5 Å². The summed E-state index contributed by atoms with van der Waals surface area (Å²) in [5.74, 6) is 0.0698. The third-order valence-corrected chi connectivity index (χ3v) is 2.24. The first kappa shape index (κ1) is 12.4. The molecule has 0 radical (unpaired) electrons. The molecule has 1 aliphatic heterocycles. The van der Waals surface area contributed by atoms with Crippen LogP contribution in [0, 0.1) is 0 Å². The molecule has 5 heteroatoms. The third kappa shape index (κ3) is 5.11. The van der Waals surface area contributed by atoms with E-state index < -0.39 is 6.10 Å². The quantitative estimate of drug-likeness (QED) is 0.546. The molecule has 0 bridgehead atoms. The Labute approximate surface area is 90.2 Å². The van der Waals surface area contributed by atoms with Crippen molar-refractivity contribution < 1.29 is 14.6 Å². The molecule has 2 unspecified atom stereocenters. The summed E-state index contributed by atoms with van der Waals surface area (Å²) < 4.78 is 5.27. The zero-order chi connectivity index (χ0) is 11.3. The maximum atomic E-state index is 10.9. The number of aliphatic hydroxyl groups excluding tert-OH is 1. The second kappa shape index (κ2) is 6.05. The fourth-order valence-corrected chi connectivity index (χ4v) is 1.41. The van der Waals surface area contributed by atoms with E-state index in [0.717, 1.165) is 0 Å². The van der Waals surface area contributed by atoms with Gasteiger partial charge in [0, 0.05) is 25.6 Å². The van der Waals surface area contributed by atoms with Crippen molar-refractivity contribution in [1.29, 1.82) is 0 Å². The van der Waals surface area contributed by atoms with E-state index in [9.17, 15) is 9.90 Å². The van der Waals surface area contributed by atoms with E-state index in [4.69, 9.17) is 4.74 Å². The second-order valence-electron chi connectivity index (χ2n) is 4.15. The van der Waals surface area contributed by atoms with Gasteiger partial charge in [-0.15, -0.1) is 0 Å². The van der Waals surface area contributed by atoms with Gasteiger partial charge in [-0.3, -0.25) is 4.79 Å². The van der Waals surface area contributed by atoms with Crippen LogP contribution in [-0.4, -0.2) is 49.0 Å². The first-order valence-corrected chi connectivity index (χ1v) is 5.37. The van der Waals surface area contributed by atoms with Gasteiger partial charge in [0.1, 0.15) is 0 Å². The van der Waals surface area contributed by atoms with Crippen molar-refractivity contribution >= 4 is 5.91 Å². The Morgan fingerprint density at radius 1 is 1.67 bits per heavy atom. The molecule has 0 aromatic rings. The lowest BCUT2D eigenvalue weighted by atomic mass is 10.2. The second-order valence-corrected chi connectivity index (χ2v) is 4.15. The highest BCUT2D eigenvalue weighted by molar-refractivity contribution is 5.78. The van der Waals surface area contributed by atoms with E-state index in [2.05, 4.69) is 10.6 Å².